The first-order valence-electron chi connectivity index (χ1n) is 8.12. The monoisotopic (exact) mass is 296 g/mol. The predicted molar refractivity (Wildman–Crippen MR) is 90.1 cm³/mol. The fourth-order valence-corrected chi connectivity index (χ4v) is 2.62. The van der Waals surface area contributed by atoms with Crippen molar-refractivity contribution in [3.05, 3.63) is 41.6 Å². The maximum atomic E-state index is 12.6. The van der Waals surface area contributed by atoms with Crippen LogP contribution in [-0.2, 0) is 0 Å². The van der Waals surface area contributed by atoms with Gasteiger partial charge in [-0.2, -0.15) is 0 Å². The molecule has 1 amide bonds. The Morgan fingerprint density at radius 3 is 2.68 bits per heavy atom. The smallest absolute Gasteiger partial charge is 0.252 e. The van der Waals surface area contributed by atoms with Gasteiger partial charge in [-0.3, -0.25) is 9.78 Å². The third kappa shape index (κ3) is 3.46. The average Bonchev–Trinajstić information content (AvgIpc) is 3.29. The lowest BCUT2D eigenvalue weighted by atomic mass is 9.92. The van der Waals surface area contributed by atoms with Crippen LogP contribution < -0.4 is 5.32 Å². The summed E-state index contributed by atoms with van der Waals surface area (Å²) in [6, 6.07) is 9.91. The van der Waals surface area contributed by atoms with Gasteiger partial charge in [0.2, 0.25) is 0 Å². The van der Waals surface area contributed by atoms with E-state index in [9.17, 15) is 4.79 Å². The molecule has 0 saturated heterocycles. The molecule has 3 heteroatoms. The van der Waals surface area contributed by atoms with Crippen molar-refractivity contribution in [2.24, 2.45) is 5.41 Å². The zero-order chi connectivity index (χ0) is 15.7. The average molecular weight is 296 g/mol. The first-order valence-corrected chi connectivity index (χ1v) is 8.12. The van der Waals surface area contributed by atoms with Crippen LogP contribution in [0, 0.1) is 5.41 Å². The van der Waals surface area contributed by atoms with Gasteiger partial charge in [0.05, 0.1) is 11.1 Å². The number of aromatic nitrogens is 1. The van der Waals surface area contributed by atoms with E-state index in [1.807, 2.05) is 30.3 Å². The van der Waals surface area contributed by atoms with Crippen LogP contribution in [0.2, 0.25) is 0 Å². The molecule has 1 aromatic carbocycles. The Morgan fingerprint density at radius 2 is 2.00 bits per heavy atom. The van der Waals surface area contributed by atoms with Crippen molar-refractivity contribution in [1.29, 1.82) is 0 Å². The largest absolute Gasteiger partial charge is 0.352 e. The highest BCUT2D eigenvalue weighted by Gasteiger charge is 2.26. The van der Waals surface area contributed by atoms with Gasteiger partial charge in [0.25, 0.3) is 5.91 Å². The number of rotatable bonds is 4. The topological polar surface area (TPSA) is 42.0 Å². The van der Waals surface area contributed by atoms with E-state index in [0.29, 0.717) is 12.5 Å². The SMILES string of the molecule is CC(C)(C)CCNC(=O)c1cc(C2CC2)nc2ccccc12. The summed E-state index contributed by atoms with van der Waals surface area (Å²) in [6.45, 7) is 7.27. The summed E-state index contributed by atoms with van der Waals surface area (Å²) in [7, 11) is 0. The van der Waals surface area contributed by atoms with E-state index in [4.69, 9.17) is 4.98 Å². The van der Waals surface area contributed by atoms with Gasteiger partial charge in [-0.05, 0) is 36.8 Å². The first-order chi connectivity index (χ1) is 10.4. The van der Waals surface area contributed by atoms with Gasteiger partial charge in [0.15, 0.2) is 0 Å². The molecule has 22 heavy (non-hydrogen) atoms. The van der Waals surface area contributed by atoms with E-state index in [2.05, 4.69) is 26.1 Å². The highest BCUT2D eigenvalue weighted by molar-refractivity contribution is 6.06. The van der Waals surface area contributed by atoms with Gasteiger partial charge in [-0.25, -0.2) is 0 Å². The quantitative estimate of drug-likeness (QED) is 0.915. The van der Waals surface area contributed by atoms with Crippen molar-refractivity contribution < 1.29 is 4.79 Å². The van der Waals surface area contributed by atoms with Crippen molar-refractivity contribution in [2.45, 2.75) is 46.0 Å². The maximum Gasteiger partial charge on any atom is 0.252 e. The lowest BCUT2D eigenvalue weighted by Crippen LogP contribution is -2.27. The highest BCUT2D eigenvalue weighted by atomic mass is 16.1. The van der Waals surface area contributed by atoms with Gasteiger partial charge in [-0.1, -0.05) is 39.0 Å². The Morgan fingerprint density at radius 1 is 1.27 bits per heavy atom. The third-order valence-corrected chi connectivity index (χ3v) is 4.14. The number of benzene rings is 1. The maximum absolute atomic E-state index is 12.6. The van der Waals surface area contributed by atoms with Crippen LogP contribution in [0.25, 0.3) is 10.9 Å². The molecule has 2 aromatic rings. The molecule has 3 nitrogen and oxygen atoms in total. The number of carbonyl (C=O) groups is 1. The lowest BCUT2D eigenvalue weighted by Gasteiger charge is -2.18. The minimum absolute atomic E-state index is 0.0183. The van der Waals surface area contributed by atoms with Crippen LogP contribution in [0.1, 0.15) is 62.0 Å². The molecule has 0 unspecified atom stereocenters. The summed E-state index contributed by atoms with van der Waals surface area (Å²) >= 11 is 0. The summed E-state index contributed by atoms with van der Waals surface area (Å²) in [6.07, 6.45) is 3.35. The predicted octanol–water partition coefficient (Wildman–Crippen LogP) is 4.28. The van der Waals surface area contributed by atoms with E-state index in [1.165, 1.54) is 12.8 Å². The Balaban J connectivity index is 1.86. The number of nitrogens with one attached hydrogen (secondary N) is 1. The highest BCUT2D eigenvalue weighted by Crippen LogP contribution is 2.40. The van der Waals surface area contributed by atoms with Gasteiger partial charge in [-0.15, -0.1) is 0 Å². The molecule has 1 aromatic heterocycles. The Bertz CT molecular complexity index is 696. The summed E-state index contributed by atoms with van der Waals surface area (Å²) in [5.74, 6) is 0.565. The van der Waals surface area contributed by atoms with E-state index in [-0.39, 0.29) is 11.3 Å². The molecule has 1 aliphatic rings. The molecule has 0 spiro atoms. The molecule has 0 bridgehead atoms. The number of amides is 1. The molecular weight excluding hydrogens is 272 g/mol. The van der Waals surface area contributed by atoms with E-state index < -0.39 is 0 Å². The Kier molecular flexibility index (Phi) is 3.90. The first kappa shape index (κ1) is 15.0. The number of fused-ring (bicyclic) bond motifs is 1. The van der Waals surface area contributed by atoms with Crippen LogP contribution in [0.4, 0.5) is 0 Å². The van der Waals surface area contributed by atoms with Crippen molar-refractivity contribution in [3.63, 3.8) is 0 Å². The summed E-state index contributed by atoms with van der Waals surface area (Å²) < 4.78 is 0. The molecule has 1 aliphatic carbocycles. The second kappa shape index (κ2) is 5.71. The minimum atomic E-state index is 0.0183. The van der Waals surface area contributed by atoms with Crippen molar-refractivity contribution in [1.82, 2.24) is 10.3 Å². The molecule has 1 fully saturated rings. The normalized spacial score (nSPS) is 15.0. The van der Waals surface area contributed by atoms with Crippen LogP contribution in [0.15, 0.2) is 30.3 Å². The molecule has 1 heterocycles. The number of pyridine rings is 1. The number of hydrogen-bond acceptors (Lipinski definition) is 2. The molecule has 0 atom stereocenters. The van der Waals surface area contributed by atoms with Crippen molar-refractivity contribution >= 4 is 16.8 Å². The summed E-state index contributed by atoms with van der Waals surface area (Å²) in [4.78, 5) is 17.3. The van der Waals surface area contributed by atoms with Crippen LogP contribution >= 0.6 is 0 Å². The number of carbonyl (C=O) groups excluding carboxylic acids is 1. The number of nitrogens with zero attached hydrogens (tertiary/aromatic N) is 1. The standard InChI is InChI=1S/C19H24N2O/c1-19(2,3)10-11-20-18(22)15-12-17(13-8-9-13)21-16-7-5-4-6-14(15)16/h4-7,12-13H,8-11H2,1-3H3,(H,20,22). The number of para-hydroxylation sites is 1. The van der Waals surface area contributed by atoms with E-state index in [0.717, 1.165) is 28.6 Å². The van der Waals surface area contributed by atoms with Crippen molar-refractivity contribution in [3.8, 4) is 0 Å². The third-order valence-electron chi connectivity index (χ3n) is 4.14. The number of hydrogen-bond donors (Lipinski definition) is 1. The molecule has 3 rings (SSSR count). The Hall–Kier alpha value is -1.90. The second-order valence-corrected chi connectivity index (χ2v) is 7.45. The molecular formula is C19H24N2O. The van der Waals surface area contributed by atoms with Crippen LogP contribution in [0.5, 0.6) is 0 Å². The zero-order valence-corrected chi connectivity index (χ0v) is 13.6. The second-order valence-electron chi connectivity index (χ2n) is 7.45. The molecule has 0 radical (unpaired) electrons. The Labute approximate surface area is 132 Å². The van der Waals surface area contributed by atoms with Gasteiger partial charge in [0, 0.05) is 23.5 Å². The fraction of sp³-hybridized carbons (Fsp3) is 0.474. The molecule has 0 aliphatic heterocycles. The lowest BCUT2D eigenvalue weighted by molar-refractivity contribution is 0.0951. The van der Waals surface area contributed by atoms with Gasteiger partial charge >= 0.3 is 0 Å². The minimum Gasteiger partial charge on any atom is -0.352 e. The molecule has 1 N–H and O–H groups in total. The van der Waals surface area contributed by atoms with Gasteiger partial charge < -0.3 is 5.32 Å². The summed E-state index contributed by atoms with van der Waals surface area (Å²) in [5.41, 5.74) is 2.99. The van der Waals surface area contributed by atoms with Crippen LogP contribution in [-0.4, -0.2) is 17.4 Å². The molecule has 1 saturated carbocycles. The van der Waals surface area contributed by atoms with Crippen LogP contribution in [0.3, 0.4) is 0 Å². The fourth-order valence-electron chi connectivity index (χ4n) is 2.62. The zero-order valence-electron chi connectivity index (χ0n) is 13.6. The van der Waals surface area contributed by atoms with E-state index >= 15 is 0 Å². The van der Waals surface area contributed by atoms with Gasteiger partial charge in [0.1, 0.15) is 0 Å². The van der Waals surface area contributed by atoms with E-state index in [1.54, 1.807) is 0 Å². The summed E-state index contributed by atoms with van der Waals surface area (Å²) in [5, 5.41) is 4.01. The molecule has 116 valence electrons. The van der Waals surface area contributed by atoms with Crippen molar-refractivity contribution in [2.75, 3.05) is 6.54 Å².